The van der Waals surface area contributed by atoms with Gasteiger partial charge in [-0.05, 0) is 32.4 Å². The first kappa shape index (κ1) is 16.9. The molecule has 0 spiro atoms. The van der Waals surface area contributed by atoms with Crippen LogP contribution in [0.1, 0.15) is 47.5 Å². The standard InChI is InChI=1S/C16H35N3/c1-6-8-16(12-17-11-14(3)4)19-10-9-18(7-2)15(5)13-19/h14-17H,6-13H2,1-5H3. The molecule has 114 valence electrons. The molecule has 0 radical (unpaired) electrons. The van der Waals surface area contributed by atoms with Gasteiger partial charge in [-0.15, -0.1) is 0 Å². The average molecular weight is 269 g/mol. The number of piperazine rings is 1. The van der Waals surface area contributed by atoms with Crippen molar-refractivity contribution in [1.82, 2.24) is 15.1 Å². The molecule has 2 atom stereocenters. The van der Waals surface area contributed by atoms with Gasteiger partial charge in [-0.25, -0.2) is 0 Å². The van der Waals surface area contributed by atoms with Crippen LogP contribution in [0.3, 0.4) is 0 Å². The summed E-state index contributed by atoms with van der Waals surface area (Å²) in [5.41, 5.74) is 0. The molecule has 0 saturated carbocycles. The zero-order valence-corrected chi connectivity index (χ0v) is 13.8. The van der Waals surface area contributed by atoms with E-state index in [0.717, 1.165) is 25.0 Å². The Labute approximate surface area is 120 Å². The van der Waals surface area contributed by atoms with E-state index in [1.165, 1.54) is 39.0 Å². The summed E-state index contributed by atoms with van der Waals surface area (Å²) in [6.07, 6.45) is 2.61. The minimum atomic E-state index is 0.711. The van der Waals surface area contributed by atoms with Gasteiger partial charge in [0, 0.05) is 38.3 Å². The maximum atomic E-state index is 3.65. The van der Waals surface area contributed by atoms with E-state index in [1.807, 2.05) is 0 Å². The molecule has 0 aromatic heterocycles. The molecule has 3 nitrogen and oxygen atoms in total. The van der Waals surface area contributed by atoms with Gasteiger partial charge in [-0.1, -0.05) is 34.1 Å². The first-order valence-corrected chi connectivity index (χ1v) is 8.27. The lowest BCUT2D eigenvalue weighted by Gasteiger charge is -2.43. The van der Waals surface area contributed by atoms with Crippen molar-refractivity contribution in [1.29, 1.82) is 0 Å². The van der Waals surface area contributed by atoms with Crippen molar-refractivity contribution >= 4 is 0 Å². The van der Waals surface area contributed by atoms with E-state index in [9.17, 15) is 0 Å². The smallest absolute Gasteiger partial charge is 0.0221 e. The fourth-order valence-electron chi connectivity index (χ4n) is 3.11. The van der Waals surface area contributed by atoms with Gasteiger partial charge in [0.05, 0.1) is 0 Å². The minimum absolute atomic E-state index is 0.711. The molecule has 1 N–H and O–H groups in total. The van der Waals surface area contributed by atoms with E-state index in [1.54, 1.807) is 0 Å². The second-order valence-corrected chi connectivity index (χ2v) is 6.47. The van der Waals surface area contributed by atoms with Gasteiger partial charge in [0.1, 0.15) is 0 Å². The van der Waals surface area contributed by atoms with Crippen molar-refractivity contribution in [2.24, 2.45) is 5.92 Å². The molecule has 1 heterocycles. The summed E-state index contributed by atoms with van der Waals surface area (Å²) in [5.74, 6) is 0.748. The third-order valence-electron chi connectivity index (χ3n) is 4.27. The molecule has 1 fully saturated rings. The van der Waals surface area contributed by atoms with Crippen LogP contribution in [0.25, 0.3) is 0 Å². The number of hydrogen-bond donors (Lipinski definition) is 1. The number of nitrogens with one attached hydrogen (secondary N) is 1. The van der Waals surface area contributed by atoms with E-state index in [2.05, 4.69) is 49.7 Å². The molecular formula is C16H35N3. The Balaban J connectivity index is 2.42. The topological polar surface area (TPSA) is 18.5 Å². The third-order valence-corrected chi connectivity index (χ3v) is 4.27. The van der Waals surface area contributed by atoms with E-state index in [-0.39, 0.29) is 0 Å². The van der Waals surface area contributed by atoms with Crippen LogP contribution < -0.4 is 5.32 Å². The molecule has 0 aromatic rings. The summed E-state index contributed by atoms with van der Waals surface area (Å²) >= 11 is 0. The molecule has 0 amide bonds. The molecule has 1 aliphatic rings. The largest absolute Gasteiger partial charge is 0.315 e. The Kier molecular flexibility index (Phi) is 7.96. The van der Waals surface area contributed by atoms with Crippen LogP contribution in [-0.4, -0.2) is 61.2 Å². The molecule has 3 heteroatoms. The predicted molar refractivity (Wildman–Crippen MR) is 84.7 cm³/mol. The Morgan fingerprint density at radius 1 is 1.16 bits per heavy atom. The molecule has 2 unspecified atom stereocenters. The van der Waals surface area contributed by atoms with Gasteiger partial charge in [-0.2, -0.15) is 0 Å². The molecule has 19 heavy (non-hydrogen) atoms. The number of nitrogens with zero attached hydrogens (tertiary/aromatic N) is 2. The summed E-state index contributed by atoms with van der Waals surface area (Å²) in [7, 11) is 0. The van der Waals surface area contributed by atoms with Crippen LogP contribution in [0.5, 0.6) is 0 Å². The monoisotopic (exact) mass is 269 g/mol. The SMILES string of the molecule is CCCC(CNCC(C)C)N1CCN(CC)C(C)C1. The summed E-state index contributed by atoms with van der Waals surface area (Å²) in [4.78, 5) is 5.31. The number of rotatable bonds is 8. The van der Waals surface area contributed by atoms with Crippen LogP contribution in [0.15, 0.2) is 0 Å². The van der Waals surface area contributed by atoms with Gasteiger partial charge in [0.15, 0.2) is 0 Å². The fourth-order valence-corrected chi connectivity index (χ4v) is 3.11. The van der Waals surface area contributed by atoms with Crippen LogP contribution >= 0.6 is 0 Å². The lowest BCUT2D eigenvalue weighted by Crippen LogP contribution is -2.56. The Hall–Kier alpha value is -0.120. The van der Waals surface area contributed by atoms with Crippen molar-refractivity contribution in [3.8, 4) is 0 Å². The average Bonchev–Trinajstić information content (AvgIpc) is 2.37. The van der Waals surface area contributed by atoms with Crippen molar-refractivity contribution in [2.75, 3.05) is 39.3 Å². The van der Waals surface area contributed by atoms with Gasteiger partial charge in [0.25, 0.3) is 0 Å². The summed E-state index contributed by atoms with van der Waals surface area (Å²) in [6.45, 7) is 18.7. The maximum Gasteiger partial charge on any atom is 0.0221 e. The third kappa shape index (κ3) is 5.80. The van der Waals surface area contributed by atoms with Crippen LogP contribution in [-0.2, 0) is 0 Å². The van der Waals surface area contributed by atoms with E-state index in [0.29, 0.717) is 6.04 Å². The quantitative estimate of drug-likeness (QED) is 0.730. The highest BCUT2D eigenvalue weighted by molar-refractivity contribution is 4.84. The second-order valence-electron chi connectivity index (χ2n) is 6.47. The van der Waals surface area contributed by atoms with Crippen LogP contribution in [0.4, 0.5) is 0 Å². The molecule has 0 aliphatic carbocycles. The first-order chi connectivity index (χ1) is 9.08. The first-order valence-electron chi connectivity index (χ1n) is 8.27. The fraction of sp³-hybridized carbons (Fsp3) is 1.00. The normalized spacial score (nSPS) is 24.0. The van der Waals surface area contributed by atoms with E-state index >= 15 is 0 Å². The summed E-state index contributed by atoms with van der Waals surface area (Å²) in [5, 5.41) is 3.65. The van der Waals surface area contributed by atoms with Gasteiger partial charge < -0.3 is 5.32 Å². The highest BCUT2D eigenvalue weighted by Gasteiger charge is 2.26. The highest BCUT2D eigenvalue weighted by Crippen LogP contribution is 2.14. The number of hydrogen-bond acceptors (Lipinski definition) is 3. The van der Waals surface area contributed by atoms with Crippen molar-refractivity contribution < 1.29 is 0 Å². The maximum absolute atomic E-state index is 3.65. The van der Waals surface area contributed by atoms with Crippen molar-refractivity contribution in [3.05, 3.63) is 0 Å². The van der Waals surface area contributed by atoms with Crippen molar-refractivity contribution in [2.45, 2.75) is 59.5 Å². The second kappa shape index (κ2) is 8.93. The molecule has 0 bridgehead atoms. The van der Waals surface area contributed by atoms with E-state index < -0.39 is 0 Å². The zero-order chi connectivity index (χ0) is 14.3. The Morgan fingerprint density at radius 2 is 1.89 bits per heavy atom. The molecule has 0 aromatic carbocycles. The summed E-state index contributed by atoms with van der Waals surface area (Å²) in [6, 6.07) is 1.44. The zero-order valence-electron chi connectivity index (χ0n) is 13.8. The van der Waals surface area contributed by atoms with Gasteiger partial charge >= 0.3 is 0 Å². The van der Waals surface area contributed by atoms with Crippen LogP contribution in [0, 0.1) is 5.92 Å². The molecule has 1 rings (SSSR count). The summed E-state index contributed by atoms with van der Waals surface area (Å²) < 4.78 is 0. The van der Waals surface area contributed by atoms with Crippen molar-refractivity contribution in [3.63, 3.8) is 0 Å². The Morgan fingerprint density at radius 3 is 2.42 bits per heavy atom. The number of likely N-dealkylation sites (N-methyl/N-ethyl adjacent to an activating group) is 1. The van der Waals surface area contributed by atoms with Gasteiger partial charge in [-0.3, -0.25) is 9.80 Å². The van der Waals surface area contributed by atoms with Crippen LogP contribution in [0.2, 0.25) is 0 Å². The lowest BCUT2D eigenvalue weighted by atomic mass is 10.1. The molecule has 1 saturated heterocycles. The lowest BCUT2D eigenvalue weighted by molar-refractivity contribution is 0.0553. The highest BCUT2D eigenvalue weighted by atomic mass is 15.3. The van der Waals surface area contributed by atoms with E-state index in [4.69, 9.17) is 0 Å². The Bertz CT molecular complexity index is 230. The molecular weight excluding hydrogens is 234 g/mol. The predicted octanol–water partition coefficient (Wildman–Crippen LogP) is 2.43. The molecule has 1 aliphatic heterocycles. The van der Waals surface area contributed by atoms with Gasteiger partial charge in [0.2, 0.25) is 0 Å². The minimum Gasteiger partial charge on any atom is -0.315 e.